The molecule has 5 rings (SSSR count). The summed E-state index contributed by atoms with van der Waals surface area (Å²) in [5.74, 6) is -1.64. The summed E-state index contributed by atoms with van der Waals surface area (Å²) in [6.07, 6.45) is 5.25. The molecule has 2 aliphatic heterocycles. The summed E-state index contributed by atoms with van der Waals surface area (Å²) in [4.78, 5) is 11.6. The highest BCUT2D eigenvalue weighted by Gasteiger charge is 2.53. The molecule has 0 spiro atoms. The van der Waals surface area contributed by atoms with Gasteiger partial charge >= 0.3 is 5.97 Å². The minimum Gasteiger partial charge on any atom is -0.480 e. The number of hydrogen-bond acceptors (Lipinski definition) is 3. The molecule has 3 heterocycles. The molecule has 2 fully saturated rings. The van der Waals surface area contributed by atoms with Crippen LogP contribution >= 0.6 is 0 Å². The summed E-state index contributed by atoms with van der Waals surface area (Å²) >= 11 is 0. The number of sulfonamides is 1. The molecule has 3 aliphatic rings. The molecular weight excluding hydrogens is 450 g/mol. The van der Waals surface area contributed by atoms with Gasteiger partial charge in [-0.15, -0.1) is 0 Å². The Hall–Kier alpha value is -2.52. The third kappa shape index (κ3) is 3.52. The predicted molar refractivity (Wildman–Crippen MR) is 119 cm³/mol. The molecule has 33 heavy (non-hydrogen) atoms. The predicted octanol–water partition coefficient (Wildman–Crippen LogP) is 4.03. The molecule has 4 unspecified atom stereocenters. The summed E-state index contributed by atoms with van der Waals surface area (Å²) in [6, 6.07) is 4.36. The number of fused-ring (bicyclic) bond motifs is 3. The largest absolute Gasteiger partial charge is 0.480 e. The molecule has 1 aromatic heterocycles. The number of nitrogens with zero attached hydrogens (tertiary/aromatic N) is 2. The van der Waals surface area contributed by atoms with Gasteiger partial charge in [0.2, 0.25) is 10.0 Å². The van der Waals surface area contributed by atoms with Gasteiger partial charge in [0.05, 0.1) is 4.90 Å². The Bertz CT molecular complexity index is 1260. The van der Waals surface area contributed by atoms with Crippen molar-refractivity contribution in [2.75, 3.05) is 0 Å². The van der Waals surface area contributed by atoms with Crippen molar-refractivity contribution in [2.24, 2.45) is 0 Å². The number of aromatic nitrogens is 1. The second kappa shape index (κ2) is 7.50. The van der Waals surface area contributed by atoms with E-state index in [1.165, 1.54) is 25.1 Å². The summed E-state index contributed by atoms with van der Waals surface area (Å²) in [5, 5.41) is 9.44. The molecule has 176 valence electrons. The van der Waals surface area contributed by atoms with Crippen LogP contribution in [0.25, 0.3) is 6.08 Å². The zero-order valence-corrected chi connectivity index (χ0v) is 19.3. The lowest BCUT2D eigenvalue weighted by Gasteiger charge is -2.27. The number of aliphatic carboxylic acids is 1. The number of carboxylic acid groups (broad SMARTS) is 1. The van der Waals surface area contributed by atoms with Crippen molar-refractivity contribution in [3.05, 3.63) is 58.7 Å². The van der Waals surface area contributed by atoms with E-state index in [1.54, 1.807) is 14.9 Å². The average molecular weight is 477 g/mol. The van der Waals surface area contributed by atoms with Crippen LogP contribution in [-0.4, -0.2) is 46.1 Å². The van der Waals surface area contributed by atoms with E-state index in [9.17, 15) is 27.1 Å². The third-order valence-electron chi connectivity index (χ3n) is 7.36. The molecule has 4 atom stereocenters. The monoisotopic (exact) mass is 476 g/mol. The highest BCUT2D eigenvalue weighted by Crippen LogP contribution is 2.52. The van der Waals surface area contributed by atoms with Crippen LogP contribution in [0, 0.1) is 12.7 Å². The molecule has 1 N–H and O–H groups in total. The molecule has 2 saturated heterocycles. The summed E-state index contributed by atoms with van der Waals surface area (Å²) in [7, 11) is -3.82. The highest BCUT2D eigenvalue weighted by molar-refractivity contribution is 7.89. The van der Waals surface area contributed by atoms with E-state index in [0.29, 0.717) is 18.5 Å². The van der Waals surface area contributed by atoms with Crippen molar-refractivity contribution in [3.63, 3.8) is 0 Å². The minimum atomic E-state index is -3.82. The lowest BCUT2D eigenvalue weighted by molar-refractivity contribution is -0.137. The van der Waals surface area contributed by atoms with Crippen LogP contribution in [0.4, 0.5) is 8.78 Å². The first-order valence-electron chi connectivity index (χ1n) is 11.1. The van der Waals surface area contributed by atoms with Gasteiger partial charge in [0.1, 0.15) is 18.0 Å². The molecule has 2 bridgehead atoms. The van der Waals surface area contributed by atoms with Crippen molar-refractivity contribution >= 4 is 22.1 Å². The molecule has 6 nitrogen and oxygen atoms in total. The standard InChI is InChI=1S/C24H26F2N2O4S/c1-14-23(19-12-24(2,26)10-9-20(19)27(14)13-22(29)30)18-11-16-5-8-21(18)28(16)33(31,32)17-6-3-15(25)4-7-17/h3-4,6-7,9-10,16,18,21H,5,8,11-13H2,1-2H3,(H,29,30). The van der Waals surface area contributed by atoms with Gasteiger partial charge in [0, 0.05) is 35.8 Å². The lowest BCUT2D eigenvalue weighted by atomic mass is 9.79. The first-order chi connectivity index (χ1) is 15.5. The number of allylic oxidation sites excluding steroid dienone is 1. The quantitative estimate of drug-likeness (QED) is 0.707. The fourth-order valence-electron chi connectivity index (χ4n) is 6.06. The normalized spacial score (nSPS) is 28.9. The van der Waals surface area contributed by atoms with E-state index in [2.05, 4.69) is 0 Å². The van der Waals surface area contributed by atoms with Crippen LogP contribution in [0.5, 0.6) is 0 Å². The highest BCUT2D eigenvalue weighted by atomic mass is 32.2. The maximum atomic E-state index is 15.0. The first-order valence-corrected chi connectivity index (χ1v) is 12.5. The second-order valence-electron chi connectivity index (χ2n) is 9.56. The topological polar surface area (TPSA) is 79.6 Å². The molecule has 9 heteroatoms. The van der Waals surface area contributed by atoms with Crippen LogP contribution in [0.15, 0.2) is 35.2 Å². The van der Waals surface area contributed by atoms with E-state index in [4.69, 9.17) is 0 Å². The smallest absolute Gasteiger partial charge is 0.323 e. The third-order valence-corrected chi connectivity index (χ3v) is 9.35. The fourth-order valence-corrected chi connectivity index (χ4v) is 7.98. The van der Waals surface area contributed by atoms with Gasteiger partial charge < -0.3 is 9.67 Å². The molecule has 1 aliphatic carbocycles. The van der Waals surface area contributed by atoms with Gasteiger partial charge in [-0.1, -0.05) is 0 Å². The maximum absolute atomic E-state index is 15.0. The van der Waals surface area contributed by atoms with E-state index in [0.717, 1.165) is 35.4 Å². The number of rotatable bonds is 5. The molecule has 0 radical (unpaired) electrons. The van der Waals surface area contributed by atoms with Gasteiger partial charge in [-0.2, -0.15) is 4.31 Å². The number of hydrogen-bond donors (Lipinski definition) is 1. The van der Waals surface area contributed by atoms with Crippen LogP contribution < -0.4 is 0 Å². The van der Waals surface area contributed by atoms with Crippen LogP contribution in [0.2, 0.25) is 0 Å². The Morgan fingerprint density at radius 2 is 1.94 bits per heavy atom. The number of alkyl halides is 1. The number of carboxylic acids is 1. The maximum Gasteiger partial charge on any atom is 0.323 e. The van der Waals surface area contributed by atoms with E-state index >= 15 is 0 Å². The van der Waals surface area contributed by atoms with Gasteiger partial charge in [0.25, 0.3) is 0 Å². The Kier molecular flexibility index (Phi) is 5.06. The average Bonchev–Trinajstić information content (AvgIpc) is 3.38. The zero-order chi connectivity index (χ0) is 23.7. The Morgan fingerprint density at radius 1 is 1.24 bits per heavy atom. The Labute approximate surface area is 191 Å². The summed E-state index contributed by atoms with van der Waals surface area (Å²) < 4.78 is 58.5. The van der Waals surface area contributed by atoms with Crippen molar-refractivity contribution in [2.45, 2.75) is 74.6 Å². The Morgan fingerprint density at radius 3 is 2.61 bits per heavy atom. The number of benzene rings is 1. The zero-order valence-electron chi connectivity index (χ0n) is 18.5. The molecule has 2 aromatic rings. The molecule has 1 aromatic carbocycles. The van der Waals surface area contributed by atoms with Crippen molar-refractivity contribution in [1.82, 2.24) is 8.87 Å². The molecule has 0 amide bonds. The molecular formula is C24H26F2N2O4S. The molecule has 0 saturated carbocycles. The Balaban J connectivity index is 1.58. The van der Waals surface area contributed by atoms with Crippen molar-refractivity contribution < 1.29 is 27.1 Å². The van der Waals surface area contributed by atoms with Crippen LogP contribution in [0.1, 0.15) is 54.6 Å². The summed E-state index contributed by atoms with van der Waals surface area (Å²) in [6.45, 7) is 3.09. The van der Waals surface area contributed by atoms with Gasteiger partial charge in [-0.25, -0.2) is 17.2 Å². The van der Waals surface area contributed by atoms with Crippen molar-refractivity contribution in [3.8, 4) is 0 Å². The minimum absolute atomic E-state index is 0.0583. The SMILES string of the molecule is Cc1c(C2CC3CCC2N3S(=O)(=O)c2ccc(F)cc2)c2c(n1CC(=O)O)C=CC(C)(F)C2. The van der Waals surface area contributed by atoms with Crippen molar-refractivity contribution in [1.29, 1.82) is 0 Å². The fraction of sp³-hybridized carbons (Fsp3) is 0.458. The summed E-state index contributed by atoms with van der Waals surface area (Å²) in [5.41, 5.74) is 1.54. The number of halogens is 2. The van der Waals surface area contributed by atoms with Crippen LogP contribution in [0.3, 0.4) is 0 Å². The van der Waals surface area contributed by atoms with Gasteiger partial charge in [-0.05, 0) is 80.7 Å². The van der Waals surface area contributed by atoms with Gasteiger partial charge in [0.15, 0.2) is 0 Å². The lowest BCUT2D eigenvalue weighted by Crippen LogP contribution is -2.36. The van der Waals surface area contributed by atoms with E-state index < -0.39 is 27.5 Å². The van der Waals surface area contributed by atoms with Gasteiger partial charge in [-0.3, -0.25) is 4.79 Å². The first kappa shape index (κ1) is 22.3. The number of carbonyl (C=O) groups is 1. The van der Waals surface area contributed by atoms with Crippen LogP contribution in [-0.2, 0) is 27.8 Å². The van der Waals surface area contributed by atoms with E-state index in [-0.39, 0.29) is 35.9 Å². The van der Waals surface area contributed by atoms with E-state index in [1.807, 2.05) is 6.92 Å². The second-order valence-corrected chi connectivity index (χ2v) is 11.4.